The van der Waals surface area contributed by atoms with Crippen LogP contribution in [0.1, 0.15) is 23.9 Å². The van der Waals surface area contributed by atoms with Crippen LogP contribution in [-0.2, 0) is 18.2 Å². The van der Waals surface area contributed by atoms with Crippen LogP contribution in [0.3, 0.4) is 0 Å². The molecule has 0 amide bonds. The van der Waals surface area contributed by atoms with E-state index in [1.54, 1.807) is 45.9 Å². The van der Waals surface area contributed by atoms with Crippen molar-refractivity contribution in [2.24, 2.45) is 13.0 Å². The summed E-state index contributed by atoms with van der Waals surface area (Å²) >= 11 is -1.30. The van der Waals surface area contributed by atoms with Gasteiger partial charge in [-0.15, -0.1) is 0 Å². The molecule has 0 aliphatic heterocycles. The molecule has 3 heterocycles. The largest absolute Gasteiger partial charge is 0.612 e. The van der Waals surface area contributed by atoms with Crippen molar-refractivity contribution in [3.63, 3.8) is 0 Å². The minimum absolute atomic E-state index is 0.205. The Morgan fingerprint density at radius 3 is 2.74 bits per heavy atom. The zero-order valence-corrected chi connectivity index (χ0v) is 18.7. The van der Waals surface area contributed by atoms with Crippen molar-refractivity contribution in [2.45, 2.75) is 24.2 Å². The summed E-state index contributed by atoms with van der Waals surface area (Å²) in [6.45, 7) is 2.25. The van der Waals surface area contributed by atoms with Crippen LogP contribution in [0.15, 0.2) is 46.5 Å². The first kappa shape index (κ1) is 21.3. The standard InChI is InChI=1S/C22H24N4O4S/c1-13-23-10-18(17-8-21(27)26(2)11-20(17)31(4)28)22(25-13)30-12-14-7-16(14)19-6-5-15(29-3)9-24-19/h5-6,8-11,14,16H,7,12H2,1-4H3/t14-,16+,31-/m1/s1. The lowest BCUT2D eigenvalue weighted by Gasteiger charge is -2.15. The predicted octanol–water partition coefficient (Wildman–Crippen LogP) is 2.47. The van der Waals surface area contributed by atoms with Crippen molar-refractivity contribution in [3.8, 4) is 22.8 Å². The normalized spacial score (nSPS) is 18.5. The van der Waals surface area contributed by atoms with Gasteiger partial charge in [-0.1, -0.05) is 0 Å². The SMILES string of the molecule is COc1ccc([C@H]2C[C@@H]2COc2nc(C)ncc2-c2cc(=O)n(C)cc2[S@@+](C)[O-])nc1. The second-order valence-corrected chi connectivity index (χ2v) is 8.97. The zero-order valence-electron chi connectivity index (χ0n) is 17.9. The Labute approximate surface area is 183 Å². The second kappa shape index (κ2) is 8.68. The van der Waals surface area contributed by atoms with Gasteiger partial charge < -0.3 is 18.6 Å². The highest BCUT2D eigenvalue weighted by molar-refractivity contribution is 7.90. The molecular weight excluding hydrogens is 416 g/mol. The molecule has 0 unspecified atom stereocenters. The van der Waals surface area contributed by atoms with Crippen molar-refractivity contribution in [1.82, 2.24) is 19.5 Å². The minimum Gasteiger partial charge on any atom is -0.612 e. The molecule has 0 radical (unpaired) electrons. The summed E-state index contributed by atoms with van der Waals surface area (Å²) in [5, 5.41) is 0. The van der Waals surface area contributed by atoms with Gasteiger partial charge in [-0.2, -0.15) is 4.98 Å². The van der Waals surface area contributed by atoms with Crippen molar-refractivity contribution in [1.29, 1.82) is 0 Å². The Balaban J connectivity index is 1.56. The summed E-state index contributed by atoms with van der Waals surface area (Å²) in [4.78, 5) is 26.0. The van der Waals surface area contributed by atoms with Crippen molar-refractivity contribution < 1.29 is 14.0 Å². The molecular formula is C22H24N4O4S. The van der Waals surface area contributed by atoms with E-state index in [9.17, 15) is 9.35 Å². The van der Waals surface area contributed by atoms with Gasteiger partial charge in [-0.05, 0) is 36.7 Å². The fourth-order valence-corrected chi connectivity index (χ4v) is 4.29. The lowest BCUT2D eigenvalue weighted by Crippen LogP contribution is -2.18. The second-order valence-electron chi connectivity index (χ2n) is 7.63. The minimum atomic E-state index is -1.30. The van der Waals surface area contributed by atoms with Gasteiger partial charge in [-0.3, -0.25) is 9.78 Å². The number of nitrogens with zero attached hydrogens (tertiary/aromatic N) is 4. The van der Waals surface area contributed by atoms with E-state index in [-0.39, 0.29) is 5.56 Å². The van der Waals surface area contributed by atoms with Crippen LogP contribution in [0.25, 0.3) is 11.1 Å². The van der Waals surface area contributed by atoms with Crippen molar-refractivity contribution >= 4 is 11.2 Å². The summed E-state index contributed by atoms with van der Waals surface area (Å²) in [6, 6.07) is 5.35. The highest BCUT2D eigenvalue weighted by Crippen LogP contribution is 2.47. The maximum Gasteiger partial charge on any atom is 0.251 e. The van der Waals surface area contributed by atoms with E-state index in [0.717, 1.165) is 17.9 Å². The molecule has 3 aromatic rings. The van der Waals surface area contributed by atoms with Crippen LogP contribution in [0, 0.1) is 12.8 Å². The number of methoxy groups -OCH3 is 1. The van der Waals surface area contributed by atoms with Crippen molar-refractivity contribution in [3.05, 3.63) is 58.7 Å². The molecule has 8 nitrogen and oxygen atoms in total. The molecule has 0 saturated heterocycles. The number of aromatic nitrogens is 4. The predicted molar refractivity (Wildman–Crippen MR) is 117 cm³/mol. The molecule has 31 heavy (non-hydrogen) atoms. The van der Waals surface area contributed by atoms with Crippen LogP contribution in [0.2, 0.25) is 0 Å². The number of hydrogen-bond donors (Lipinski definition) is 0. The Hall–Kier alpha value is -2.91. The van der Waals surface area contributed by atoms with E-state index in [4.69, 9.17) is 9.47 Å². The highest BCUT2D eigenvalue weighted by Gasteiger charge is 2.40. The Bertz CT molecular complexity index is 1150. The number of ether oxygens (including phenoxy) is 2. The van der Waals surface area contributed by atoms with E-state index < -0.39 is 11.2 Å². The van der Waals surface area contributed by atoms with Crippen molar-refractivity contribution in [2.75, 3.05) is 20.0 Å². The third kappa shape index (κ3) is 4.57. The van der Waals surface area contributed by atoms with Gasteiger partial charge in [0.25, 0.3) is 5.56 Å². The molecule has 4 rings (SSSR count). The van der Waals surface area contributed by atoms with Crippen LogP contribution < -0.4 is 15.0 Å². The molecule has 9 heteroatoms. The lowest BCUT2D eigenvalue weighted by molar-refractivity contribution is 0.285. The highest BCUT2D eigenvalue weighted by atomic mass is 32.2. The summed E-state index contributed by atoms with van der Waals surface area (Å²) in [5.74, 6) is 2.34. The van der Waals surface area contributed by atoms with E-state index in [0.29, 0.717) is 46.2 Å². The van der Waals surface area contributed by atoms with Crippen LogP contribution >= 0.6 is 0 Å². The van der Waals surface area contributed by atoms with Gasteiger partial charge in [0.05, 0.1) is 37.2 Å². The molecule has 0 spiro atoms. The van der Waals surface area contributed by atoms with Gasteiger partial charge in [0, 0.05) is 36.8 Å². The maximum atomic E-state index is 12.3. The van der Waals surface area contributed by atoms with Crippen LogP contribution in [0.5, 0.6) is 11.6 Å². The molecule has 1 aliphatic carbocycles. The first-order valence-electron chi connectivity index (χ1n) is 9.88. The quantitative estimate of drug-likeness (QED) is 0.520. The Morgan fingerprint density at radius 2 is 2.06 bits per heavy atom. The van der Waals surface area contributed by atoms with Gasteiger partial charge in [-0.25, -0.2) is 4.98 Å². The fraction of sp³-hybridized carbons (Fsp3) is 0.364. The fourth-order valence-electron chi connectivity index (χ4n) is 3.50. The van der Waals surface area contributed by atoms with E-state index in [1.807, 2.05) is 12.1 Å². The number of hydrogen-bond acceptors (Lipinski definition) is 7. The summed E-state index contributed by atoms with van der Waals surface area (Å²) in [7, 11) is 3.25. The molecule has 0 bridgehead atoms. The average Bonchev–Trinajstić information content (AvgIpc) is 3.54. The smallest absolute Gasteiger partial charge is 0.251 e. The monoisotopic (exact) mass is 440 g/mol. The van der Waals surface area contributed by atoms with E-state index >= 15 is 0 Å². The molecule has 1 aliphatic rings. The Kier molecular flexibility index (Phi) is 5.97. The van der Waals surface area contributed by atoms with Gasteiger partial charge in [0.15, 0.2) is 4.90 Å². The third-order valence-corrected chi connectivity index (χ3v) is 6.34. The Morgan fingerprint density at radius 1 is 1.26 bits per heavy atom. The van der Waals surface area contributed by atoms with Gasteiger partial charge in [0.2, 0.25) is 5.88 Å². The summed E-state index contributed by atoms with van der Waals surface area (Å²) in [6.07, 6.45) is 7.49. The summed E-state index contributed by atoms with van der Waals surface area (Å²) < 4.78 is 25.0. The first-order chi connectivity index (χ1) is 14.9. The number of pyridine rings is 2. The topological polar surface area (TPSA) is 102 Å². The van der Waals surface area contributed by atoms with Crippen LogP contribution in [0.4, 0.5) is 0 Å². The summed E-state index contributed by atoms with van der Waals surface area (Å²) in [5.41, 5.74) is 1.91. The molecule has 0 N–H and O–H groups in total. The van der Waals surface area contributed by atoms with Gasteiger partial charge >= 0.3 is 0 Å². The van der Waals surface area contributed by atoms with E-state index in [2.05, 4.69) is 15.0 Å². The molecule has 0 aromatic carbocycles. The molecule has 3 atom stereocenters. The van der Waals surface area contributed by atoms with Gasteiger partial charge in [0.1, 0.15) is 17.8 Å². The molecule has 1 saturated carbocycles. The lowest BCUT2D eigenvalue weighted by atomic mass is 10.1. The molecule has 162 valence electrons. The number of rotatable bonds is 7. The molecule has 3 aromatic heterocycles. The maximum absolute atomic E-state index is 12.3. The average molecular weight is 441 g/mol. The third-order valence-electron chi connectivity index (χ3n) is 5.40. The molecule has 1 fully saturated rings. The first-order valence-corrected chi connectivity index (χ1v) is 11.4. The van der Waals surface area contributed by atoms with Crippen LogP contribution in [-0.4, -0.2) is 44.0 Å². The zero-order chi connectivity index (χ0) is 22.1. The van der Waals surface area contributed by atoms with E-state index in [1.165, 1.54) is 10.6 Å². The number of aryl methyl sites for hydroxylation is 2.